The minimum absolute atomic E-state index is 0.00591. The van der Waals surface area contributed by atoms with Crippen LogP contribution in [0.3, 0.4) is 0 Å². The predicted molar refractivity (Wildman–Crippen MR) is 107 cm³/mol. The average Bonchev–Trinajstić information content (AvgIpc) is 3.11. The Morgan fingerprint density at radius 3 is 3.04 bits per heavy atom. The van der Waals surface area contributed by atoms with Crippen molar-refractivity contribution in [1.82, 2.24) is 15.5 Å². The molecule has 7 heteroatoms. The van der Waals surface area contributed by atoms with Gasteiger partial charge in [-0.15, -0.1) is 10.2 Å². The first-order valence-corrected chi connectivity index (χ1v) is 10.5. The molecule has 138 valence electrons. The second kappa shape index (κ2) is 9.37. The summed E-state index contributed by atoms with van der Waals surface area (Å²) in [5, 5.41) is 11.2. The minimum Gasteiger partial charge on any atom is -0.411 e. The minimum atomic E-state index is -0.286. The fraction of sp³-hybridized carbons (Fsp3) is 0.421. The predicted octanol–water partition coefficient (Wildman–Crippen LogP) is 4.99. The smallest absolute Gasteiger partial charge is 0.277 e. The number of benzene rings is 1. The SMILES string of the molecule is C[C@@H](Sc1nnc(-c2cccc(Br)c2)o1)C(=O)NCCC1=CCCCC1. The summed E-state index contributed by atoms with van der Waals surface area (Å²) >= 11 is 4.71. The summed E-state index contributed by atoms with van der Waals surface area (Å²) in [6, 6.07) is 7.67. The topological polar surface area (TPSA) is 68.0 Å². The second-order valence-corrected chi connectivity index (χ2v) is 8.50. The maximum absolute atomic E-state index is 12.3. The first-order valence-electron chi connectivity index (χ1n) is 8.83. The number of allylic oxidation sites excluding steroid dienone is 1. The lowest BCUT2D eigenvalue weighted by Crippen LogP contribution is -2.31. The van der Waals surface area contributed by atoms with Crippen molar-refractivity contribution in [3.05, 3.63) is 40.4 Å². The highest BCUT2D eigenvalue weighted by atomic mass is 79.9. The van der Waals surface area contributed by atoms with E-state index in [1.54, 1.807) is 0 Å². The van der Waals surface area contributed by atoms with Gasteiger partial charge in [0.15, 0.2) is 0 Å². The molecular weight excluding hydrogens is 414 g/mol. The summed E-state index contributed by atoms with van der Waals surface area (Å²) in [6.45, 7) is 2.53. The normalized spacial score (nSPS) is 15.4. The van der Waals surface area contributed by atoms with Crippen molar-refractivity contribution in [2.75, 3.05) is 6.54 Å². The third-order valence-corrected chi connectivity index (χ3v) is 5.68. The quantitative estimate of drug-likeness (QED) is 0.490. The summed E-state index contributed by atoms with van der Waals surface area (Å²) in [4.78, 5) is 12.3. The Labute approximate surface area is 166 Å². The second-order valence-electron chi connectivity index (χ2n) is 6.29. The molecule has 1 atom stereocenters. The van der Waals surface area contributed by atoms with Crippen LogP contribution in [-0.2, 0) is 4.79 Å². The van der Waals surface area contributed by atoms with Crippen LogP contribution in [0.1, 0.15) is 39.0 Å². The molecule has 0 unspecified atom stereocenters. The van der Waals surface area contributed by atoms with Crippen LogP contribution in [-0.4, -0.2) is 27.9 Å². The van der Waals surface area contributed by atoms with Gasteiger partial charge < -0.3 is 9.73 Å². The molecule has 0 radical (unpaired) electrons. The van der Waals surface area contributed by atoms with E-state index in [-0.39, 0.29) is 11.2 Å². The third kappa shape index (κ3) is 5.45. The van der Waals surface area contributed by atoms with Crippen LogP contribution in [0.5, 0.6) is 0 Å². The third-order valence-electron chi connectivity index (χ3n) is 4.26. The Morgan fingerprint density at radius 1 is 1.38 bits per heavy atom. The highest BCUT2D eigenvalue weighted by molar-refractivity contribution is 9.10. The monoisotopic (exact) mass is 435 g/mol. The highest BCUT2D eigenvalue weighted by Gasteiger charge is 2.18. The zero-order valence-electron chi connectivity index (χ0n) is 14.7. The molecule has 1 aliphatic carbocycles. The van der Waals surface area contributed by atoms with Crippen molar-refractivity contribution in [3.63, 3.8) is 0 Å². The lowest BCUT2D eigenvalue weighted by Gasteiger charge is -2.14. The Morgan fingerprint density at radius 2 is 2.27 bits per heavy atom. The first kappa shape index (κ1) is 19.2. The van der Waals surface area contributed by atoms with E-state index in [0.717, 1.165) is 16.5 Å². The Kier molecular flexibility index (Phi) is 6.91. The fourth-order valence-corrected chi connectivity index (χ4v) is 3.93. The van der Waals surface area contributed by atoms with E-state index >= 15 is 0 Å². The van der Waals surface area contributed by atoms with Gasteiger partial charge in [-0.25, -0.2) is 0 Å². The number of rotatable bonds is 7. The number of carbonyl (C=O) groups is 1. The van der Waals surface area contributed by atoms with Crippen molar-refractivity contribution in [1.29, 1.82) is 0 Å². The lowest BCUT2D eigenvalue weighted by atomic mass is 9.97. The molecule has 0 saturated heterocycles. The van der Waals surface area contributed by atoms with Crippen molar-refractivity contribution >= 4 is 33.6 Å². The van der Waals surface area contributed by atoms with Crippen molar-refractivity contribution < 1.29 is 9.21 Å². The van der Waals surface area contributed by atoms with Gasteiger partial charge in [-0.1, -0.05) is 45.4 Å². The van der Waals surface area contributed by atoms with Gasteiger partial charge in [-0.2, -0.15) is 0 Å². The van der Waals surface area contributed by atoms with Gasteiger partial charge in [0.05, 0.1) is 5.25 Å². The van der Waals surface area contributed by atoms with Crippen molar-refractivity contribution in [2.24, 2.45) is 0 Å². The molecule has 1 heterocycles. The van der Waals surface area contributed by atoms with Gasteiger partial charge in [-0.3, -0.25) is 4.79 Å². The van der Waals surface area contributed by atoms with E-state index in [9.17, 15) is 4.79 Å². The molecule has 1 aliphatic rings. The zero-order valence-corrected chi connectivity index (χ0v) is 17.1. The maximum atomic E-state index is 12.3. The molecule has 0 aliphatic heterocycles. The molecule has 1 N–H and O–H groups in total. The molecule has 0 spiro atoms. The summed E-state index contributed by atoms with van der Waals surface area (Å²) < 4.78 is 6.62. The van der Waals surface area contributed by atoms with E-state index < -0.39 is 0 Å². The van der Waals surface area contributed by atoms with Gasteiger partial charge in [0.1, 0.15) is 0 Å². The number of nitrogens with zero attached hydrogens (tertiary/aromatic N) is 2. The fourth-order valence-electron chi connectivity index (χ4n) is 2.82. The molecule has 2 aromatic rings. The Bertz CT molecular complexity index is 791. The van der Waals surface area contributed by atoms with Crippen molar-refractivity contribution in [3.8, 4) is 11.5 Å². The Hall–Kier alpha value is -1.60. The Balaban J connectivity index is 1.49. The number of aromatic nitrogens is 2. The standard InChI is InChI=1S/C19H22BrN3O2S/c1-13(17(24)21-11-10-14-6-3-2-4-7-14)26-19-23-22-18(25-19)15-8-5-9-16(20)12-15/h5-6,8-9,12-13H,2-4,7,10-11H2,1H3,(H,21,24)/t13-/m1/s1. The van der Waals surface area contributed by atoms with E-state index in [4.69, 9.17) is 4.42 Å². The van der Waals surface area contributed by atoms with Gasteiger partial charge in [-0.05, 0) is 57.2 Å². The molecule has 0 saturated carbocycles. The number of hydrogen-bond donors (Lipinski definition) is 1. The maximum Gasteiger partial charge on any atom is 0.277 e. The summed E-state index contributed by atoms with van der Waals surface area (Å²) in [5.74, 6) is 0.444. The van der Waals surface area contributed by atoms with Gasteiger partial charge in [0.25, 0.3) is 5.22 Å². The van der Waals surface area contributed by atoms with E-state index in [1.807, 2.05) is 31.2 Å². The van der Waals surface area contributed by atoms with Crippen LogP contribution in [0, 0.1) is 0 Å². The number of hydrogen-bond acceptors (Lipinski definition) is 5. The number of thioether (sulfide) groups is 1. The van der Waals surface area contributed by atoms with E-state index in [0.29, 0.717) is 17.7 Å². The lowest BCUT2D eigenvalue weighted by molar-refractivity contribution is -0.120. The van der Waals surface area contributed by atoms with Crippen LogP contribution in [0.25, 0.3) is 11.5 Å². The average molecular weight is 436 g/mol. The summed E-state index contributed by atoms with van der Waals surface area (Å²) in [7, 11) is 0. The van der Waals surface area contributed by atoms with Gasteiger partial charge >= 0.3 is 0 Å². The molecule has 3 rings (SSSR count). The van der Waals surface area contributed by atoms with E-state index in [2.05, 4.69) is 37.5 Å². The van der Waals surface area contributed by atoms with Gasteiger partial charge in [0, 0.05) is 16.6 Å². The van der Waals surface area contributed by atoms with Crippen LogP contribution in [0.4, 0.5) is 0 Å². The molecule has 0 fully saturated rings. The number of halogens is 1. The van der Waals surface area contributed by atoms with Gasteiger partial charge in [0.2, 0.25) is 11.8 Å². The van der Waals surface area contributed by atoms with Crippen LogP contribution < -0.4 is 5.32 Å². The molecule has 1 aromatic heterocycles. The highest BCUT2D eigenvalue weighted by Crippen LogP contribution is 2.27. The van der Waals surface area contributed by atoms with Crippen LogP contribution in [0.2, 0.25) is 0 Å². The molecule has 0 bridgehead atoms. The zero-order chi connectivity index (χ0) is 18.4. The first-order chi connectivity index (χ1) is 12.6. The van der Waals surface area contributed by atoms with E-state index in [1.165, 1.54) is 43.0 Å². The number of amides is 1. The van der Waals surface area contributed by atoms with Crippen LogP contribution >= 0.6 is 27.7 Å². The molecular formula is C19H22BrN3O2S. The summed E-state index contributed by atoms with van der Waals surface area (Å²) in [6.07, 6.45) is 8.15. The molecule has 5 nitrogen and oxygen atoms in total. The number of nitrogens with one attached hydrogen (secondary N) is 1. The summed E-state index contributed by atoms with van der Waals surface area (Å²) in [5.41, 5.74) is 2.31. The molecule has 1 aromatic carbocycles. The largest absolute Gasteiger partial charge is 0.411 e. The number of carbonyl (C=O) groups excluding carboxylic acids is 1. The van der Waals surface area contributed by atoms with Crippen molar-refractivity contribution in [2.45, 2.75) is 49.5 Å². The molecule has 26 heavy (non-hydrogen) atoms. The van der Waals surface area contributed by atoms with Crippen LogP contribution in [0.15, 0.2) is 50.0 Å². The molecule has 1 amide bonds.